The van der Waals surface area contributed by atoms with E-state index in [1.54, 1.807) is 18.3 Å². The standard InChI is InChI=1S/C15H15F3N2O/c1-2-19-14-8-11(6-7-20-14)10-21-13-5-3-4-12(9-13)15(16,17)18/h3-9H,2,10H2,1H3,(H,19,20). The second kappa shape index (κ2) is 6.47. The highest BCUT2D eigenvalue weighted by Gasteiger charge is 2.30. The van der Waals surface area contributed by atoms with E-state index in [0.29, 0.717) is 5.82 Å². The Labute approximate surface area is 120 Å². The molecule has 1 aromatic carbocycles. The molecule has 0 aliphatic carbocycles. The van der Waals surface area contributed by atoms with Crippen LogP contribution in [0.1, 0.15) is 18.1 Å². The summed E-state index contributed by atoms with van der Waals surface area (Å²) in [6.07, 6.45) is -2.74. The SMILES string of the molecule is CCNc1cc(COc2cccc(C(F)(F)F)c2)ccn1. The van der Waals surface area contributed by atoms with Crippen molar-refractivity contribution in [2.45, 2.75) is 19.7 Å². The van der Waals surface area contributed by atoms with Gasteiger partial charge in [-0.15, -0.1) is 0 Å². The number of hydrogen-bond donors (Lipinski definition) is 1. The van der Waals surface area contributed by atoms with E-state index in [0.717, 1.165) is 24.2 Å². The van der Waals surface area contributed by atoms with E-state index in [-0.39, 0.29) is 12.4 Å². The van der Waals surface area contributed by atoms with Gasteiger partial charge >= 0.3 is 6.18 Å². The normalized spacial score (nSPS) is 11.2. The lowest BCUT2D eigenvalue weighted by Crippen LogP contribution is -2.05. The monoisotopic (exact) mass is 296 g/mol. The van der Waals surface area contributed by atoms with Crippen LogP contribution < -0.4 is 10.1 Å². The summed E-state index contributed by atoms with van der Waals surface area (Å²) in [4.78, 5) is 4.12. The Kier molecular flexibility index (Phi) is 4.67. The van der Waals surface area contributed by atoms with Gasteiger partial charge in [-0.3, -0.25) is 0 Å². The van der Waals surface area contributed by atoms with Crippen molar-refractivity contribution in [2.24, 2.45) is 0 Å². The van der Waals surface area contributed by atoms with E-state index in [2.05, 4.69) is 10.3 Å². The van der Waals surface area contributed by atoms with Gasteiger partial charge in [0.1, 0.15) is 18.2 Å². The third-order valence-electron chi connectivity index (χ3n) is 2.75. The van der Waals surface area contributed by atoms with Crippen LogP contribution in [0.4, 0.5) is 19.0 Å². The number of benzene rings is 1. The molecular formula is C15H15F3N2O. The topological polar surface area (TPSA) is 34.1 Å². The predicted molar refractivity (Wildman–Crippen MR) is 74.2 cm³/mol. The lowest BCUT2D eigenvalue weighted by atomic mass is 10.2. The summed E-state index contributed by atoms with van der Waals surface area (Å²) in [5.74, 6) is 0.897. The minimum atomic E-state index is -4.37. The molecule has 0 radical (unpaired) electrons. The van der Waals surface area contributed by atoms with Gasteiger partial charge < -0.3 is 10.1 Å². The number of alkyl halides is 3. The molecule has 0 bridgehead atoms. The summed E-state index contributed by atoms with van der Waals surface area (Å²) in [5, 5.41) is 3.06. The summed E-state index contributed by atoms with van der Waals surface area (Å²) < 4.78 is 43.2. The highest BCUT2D eigenvalue weighted by atomic mass is 19.4. The van der Waals surface area contributed by atoms with Crippen molar-refractivity contribution in [1.82, 2.24) is 4.98 Å². The Morgan fingerprint density at radius 3 is 2.71 bits per heavy atom. The summed E-state index contributed by atoms with van der Waals surface area (Å²) in [6.45, 7) is 2.88. The summed E-state index contributed by atoms with van der Waals surface area (Å²) in [5.41, 5.74) is 0.112. The average Bonchev–Trinajstić information content (AvgIpc) is 2.45. The van der Waals surface area contributed by atoms with Gasteiger partial charge in [-0.05, 0) is 42.8 Å². The second-order valence-electron chi connectivity index (χ2n) is 4.39. The molecule has 0 fully saturated rings. The summed E-state index contributed by atoms with van der Waals surface area (Å²) >= 11 is 0. The van der Waals surface area contributed by atoms with Crippen molar-refractivity contribution >= 4 is 5.82 Å². The largest absolute Gasteiger partial charge is 0.489 e. The minimum Gasteiger partial charge on any atom is -0.489 e. The molecule has 0 aliphatic rings. The predicted octanol–water partition coefficient (Wildman–Crippen LogP) is 4.11. The molecule has 0 aliphatic heterocycles. The van der Waals surface area contributed by atoms with Crippen molar-refractivity contribution in [1.29, 1.82) is 0 Å². The smallest absolute Gasteiger partial charge is 0.416 e. The van der Waals surface area contributed by atoms with E-state index < -0.39 is 11.7 Å². The van der Waals surface area contributed by atoms with Gasteiger partial charge in [0, 0.05) is 12.7 Å². The van der Waals surface area contributed by atoms with Gasteiger partial charge in [0.25, 0.3) is 0 Å². The van der Waals surface area contributed by atoms with E-state index in [1.165, 1.54) is 12.1 Å². The van der Waals surface area contributed by atoms with Crippen LogP contribution >= 0.6 is 0 Å². The van der Waals surface area contributed by atoms with Crippen LogP contribution in [0.15, 0.2) is 42.6 Å². The summed E-state index contributed by atoms with van der Waals surface area (Å²) in [6, 6.07) is 8.40. The second-order valence-corrected chi connectivity index (χ2v) is 4.39. The van der Waals surface area contributed by atoms with Gasteiger partial charge in [-0.2, -0.15) is 13.2 Å². The lowest BCUT2D eigenvalue weighted by molar-refractivity contribution is -0.137. The fourth-order valence-electron chi connectivity index (χ4n) is 1.77. The molecule has 2 aromatic rings. The molecule has 0 spiro atoms. The fourth-order valence-corrected chi connectivity index (χ4v) is 1.77. The van der Waals surface area contributed by atoms with E-state index >= 15 is 0 Å². The van der Waals surface area contributed by atoms with E-state index in [4.69, 9.17) is 4.74 Å². The van der Waals surface area contributed by atoms with Crippen molar-refractivity contribution in [2.75, 3.05) is 11.9 Å². The highest BCUT2D eigenvalue weighted by Crippen LogP contribution is 2.31. The maximum atomic E-state index is 12.6. The van der Waals surface area contributed by atoms with Crippen LogP contribution in [0.5, 0.6) is 5.75 Å². The molecule has 0 saturated heterocycles. The molecular weight excluding hydrogens is 281 g/mol. The Bertz CT molecular complexity index is 599. The number of nitrogens with zero attached hydrogens (tertiary/aromatic N) is 1. The van der Waals surface area contributed by atoms with Crippen molar-refractivity contribution in [3.8, 4) is 5.75 Å². The van der Waals surface area contributed by atoms with Crippen molar-refractivity contribution < 1.29 is 17.9 Å². The lowest BCUT2D eigenvalue weighted by Gasteiger charge is -2.11. The van der Waals surface area contributed by atoms with Crippen molar-refractivity contribution in [3.63, 3.8) is 0 Å². The third kappa shape index (κ3) is 4.37. The van der Waals surface area contributed by atoms with Crippen LogP contribution in [-0.4, -0.2) is 11.5 Å². The zero-order valence-corrected chi connectivity index (χ0v) is 11.4. The third-order valence-corrected chi connectivity index (χ3v) is 2.75. The van der Waals surface area contributed by atoms with Gasteiger partial charge in [-0.25, -0.2) is 4.98 Å². The first kappa shape index (κ1) is 15.2. The zero-order valence-electron chi connectivity index (χ0n) is 11.4. The van der Waals surface area contributed by atoms with Gasteiger partial charge in [0.2, 0.25) is 0 Å². The molecule has 0 saturated carbocycles. The van der Waals surface area contributed by atoms with E-state index in [9.17, 15) is 13.2 Å². The molecule has 6 heteroatoms. The molecule has 1 aromatic heterocycles. The molecule has 1 N–H and O–H groups in total. The number of nitrogens with one attached hydrogen (secondary N) is 1. The number of pyridine rings is 1. The Hall–Kier alpha value is -2.24. The number of hydrogen-bond acceptors (Lipinski definition) is 3. The van der Waals surface area contributed by atoms with Crippen LogP contribution in [0, 0.1) is 0 Å². The number of rotatable bonds is 5. The maximum absolute atomic E-state index is 12.6. The summed E-state index contributed by atoms with van der Waals surface area (Å²) in [7, 11) is 0. The quantitative estimate of drug-likeness (QED) is 0.901. The first-order valence-corrected chi connectivity index (χ1v) is 6.48. The Balaban J connectivity index is 2.04. The molecule has 0 amide bonds. The molecule has 21 heavy (non-hydrogen) atoms. The first-order valence-electron chi connectivity index (χ1n) is 6.48. The number of anilines is 1. The maximum Gasteiger partial charge on any atom is 0.416 e. The fraction of sp³-hybridized carbons (Fsp3) is 0.267. The van der Waals surface area contributed by atoms with Crippen molar-refractivity contribution in [3.05, 3.63) is 53.7 Å². The molecule has 112 valence electrons. The number of ether oxygens (including phenoxy) is 1. The Morgan fingerprint density at radius 2 is 2.00 bits per heavy atom. The molecule has 2 rings (SSSR count). The van der Waals surface area contributed by atoms with Gasteiger partial charge in [0.05, 0.1) is 5.56 Å². The zero-order chi connectivity index (χ0) is 15.3. The molecule has 3 nitrogen and oxygen atoms in total. The van der Waals surface area contributed by atoms with Gasteiger partial charge in [-0.1, -0.05) is 6.07 Å². The Morgan fingerprint density at radius 1 is 1.19 bits per heavy atom. The van der Waals surface area contributed by atoms with Crippen LogP contribution in [0.2, 0.25) is 0 Å². The van der Waals surface area contributed by atoms with Crippen LogP contribution in [0.25, 0.3) is 0 Å². The average molecular weight is 296 g/mol. The first-order chi connectivity index (χ1) is 9.99. The molecule has 0 unspecified atom stereocenters. The van der Waals surface area contributed by atoms with Gasteiger partial charge in [0.15, 0.2) is 0 Å². The molecule has 0 atom stereocenters. The highest BCUT2D eigenvalue weighted by molar-refractivity contribution is 5.37. The molecule has 1 heterocycles. The number of aromatic nitrogens is 1. The minimum absolute atomic E-state index is 0.183. The van der Waals surface area contributed by atoms with Crippen LogP contribution in [0.3, 0.4) is 0 Å². The van der Waals surface area contributed by atoms with Crippen LogP contribution in [-0.2, 0) is 12.8 Å². The number of halogens is 3. The van der Waals surface area contributed by atoms with E-state index in [1.807, 2.05) is 6.92 Å².